The Morgan fingerprint density at radius 2 is 2.10 bits per heavy atom. The lowest BCUT2D eigenvalue weighted by Crippen LogP contribution is -2.30. The van der Waals surface area contributed by atoms with E-state index in [1.807, 2.05) is 25.1 Å². The molecule has 0 saturated carbocycles. The zero-order valence-electron chi connectivity index (χ0n) is 11.9. The minimum Gasteiger partial charge on any atom is -0.496 e. The number of carbonyl (C=O) groups is 1. The molecule has 20 heavy (non-hydrogen) atoms. The van der Waals surface area contributed by atoms with Crippen LogP contribution in [0.4, 0.5) is 0 Å². The summed E-state index contributed by atoms with van der Waals surface area (Å²) in [5.74, 6) is 0.607. The summed E-state index contributed by atoms with van der Waals surface area (Å²) in [6.07, 6.45) is 0. The van der Waals surface area contributed by atoms with Crippen molar-refractivity contribution in [3.8, 4) is 5.75 Å². The van der Waals surface area contributed by atoms with Gasteiger partial charge in [-0.3, -0.25) is 4.79 Å². The molecule has 1 amide bonds. The molecule has 0 spiro atoms. The number of amides is 1. The van der Waals surface area contributed by atoms with Crippen molar-refractivity contribution in [2.45, 2.75) is 13.0 Å². The van der Waals surface area contributed by atoms with Crippen LogP contribution in [0.2, 0.25) is 0 Å². The van der Waals surface area contributed by atoms with Gasteiger partial charge in [-0.2, -0.15) is 0 Å². The predicted octanol–water partition coefficient (Wildman–Crippen LogP) is 2.30. The highest BCUT2D eigenvalue weighted by Gasteiger charge is 2.11. The van der Waals surface area contributed by atoms with Crippen LogP contribution in [-0.2, 0) is 14.3 Å². The van der Waals surface area contributed by atoms with Gasteiger partial charge in [0.15, 0.2) is 0 Å². The van der Waals surface area contributed by atoms with Crippen molar-refractivity contribution in [3.63, 3.8) is 0 Å². The SMILES string of the molecule is COCCOCC(=O)NC(C)c1ccc(OC)c(Br)c1. The van der Waals surface area contributed by atoms with Gasteiger partial charge in [-0.25, -0.2) is 0 Å². The molecule has 0 bridgehead atoms. The molecule has 1 aromatic carbocycles. The van der Waals surface area contributed by atoms with Crippen LogP contribution in [0.3, 0.4) is 0 Å². The second-order valence-corrected chi connectivity index (χ2v) is 5.08. The average molecular weight is 346 g/mol. The molecule has 0 radical (unpaired) electrons. The number of hydrogen-bond donors (Lipinski definition) is 1. The second kappa shape index (κ2) is 8.94. The molecule has 0 saturated heterocycles. The molecule has 0 heterocycles. The molecule has 0 aliphatic rings. The number of nitrogens with one attached hydrogen (secondary N) is 1. The summed E-state index contributed by atoms with van der Waals surface area (Å²) in [6, 6.07) is 5.60. The molecule has 0 fully saturated rings. The number of carbonyl (C=O) groups excluding carboxylic acids is 1. The van der Waals surface area contributed by atoms with Crippen molar-refractivity contribution in [2.75, 3.05) is 34.0 Å². The second-order valence-electron chi connectivity index (χ2n) is 4.23. The summed E-state index contributed by atoms with van der Waals surface area (Å²) >= 11 is 3.42. The lowest BCUT2D eigenvalue weighted by molar-refractivity contribution is -0.126. The van der Waals surface area contributed by atoms with Crippen LogP contribution in [0.1, 0.15) is 18.5 Å². The van der Waals surface area contributed by atoms with Gasteiger partial charge < -0.3 is 19.5 Å². The molecule has 112 valence electrons. The van der Waals surface area contributed by atoms with E-state index in [2.05, 4.69) is 21.2 Å². The van der Waals surface area contributed by atoms with E-state index in [1.54, 1.807) is 14.2 Å². The number of benzene rings is 1. The highest BCUT2D eigenvalue weighted by atomic mass is 79.9. The first kappa shape index (κ1) is 16.9. The molecule has 1 atom stereocenters. The standard InChI is InChI=1S/C14H20BrNO4/c1-10(16-14(17)9-20-7-6-18-2)11-4-5-13(19-3)12(15)8-11/h4-5,8,10H,6-7,9H2,1-3H3,(H,16,17). The largest absolute Gasteiger partial charge is 0.496 e. The summed E-state index contributed by atoms with van der Waals surface area (Å²) in [6.45, 7) is 2.84. The van der Waals surface area contributed by atoms with E-state index in [9.17, 15) is 4.79 Å². The van der Waals surface area contributed by atoms with Crippen LogP contribution in [0, 0.1) is 0 Å². The zero-order valence-corrected chi connectivity index (χ0v) is 13.5. The fourth-order valence-corrected chi connectivity index (χ4v) is 2.18. The van der Waals surface area contributed by atoms with E-state index in [0.717, 1.165) is 15.8 Å². The number of hydrogen-bond acceptors (Lipinski definition) is 4. The molecule has 1 unspecified atom stereocenters. The third-order valence-corrected chi connectivity index (χ3v) is 3.34. The van der Waals surface area contributed by atoms with Gasteiger partial charge >= 0.3 is 0 Å². The van der Waals surface area contributed by atoms with Crippen LogP contribution < -0.4 is 10.1 Å². The van der Waals surface area contributed by atoms with Crippen molar-refractivity contribution in [2.24, 2.45) is 0 Å². The minimum absolute atomic E-state index is 0.0328. The number of rotatable bonds is 8. The Morgan fingerprint density at radius 3 is 2.70 bits per heavy atom. The highest BCUT2D eigenvalue weighted by Crippen LogP contribution is 2.27. The van der Waals surface area contributed by atoms with Gasteiger partial charge in [-0.15, -0.1) is 0 Å². The van der Waals surface area contributed by atoms with E-state index in [-0.39, 0.29) is 18.6 Å². The van der Waals surface area contributed by atoms with Crippen molar-refractivity contribution in [1.82, 2.24) is 5.32 Å². The Bertz CT molecular complexity index is 439. The van der Waals surface area contributed by atoms with Crippen molar-refractivity contribution >= 4 is 21.8 Å². The third-order valence-electron chi connectivity index (χ3n) is 2.72. The fraction of sp³-hybridized carbons (Fsp3) is 0.500. The summed E-state index contributed by atoms with van der Waals surface area (Å²) in [7, 11) is 3.20. The number of methoxy groups -OCH3 is 2. The topological polar surface area (TPSA) is 56.8 Å². The van der Waals surface area contributed by atoms with Crippen LogP contribution in [-0.4, -0.2) is 39.9 Å². The molecular weight excluding hydrogens is 326 g/mol. The maximum Gasteiger partial charge on any atom is 0.246 e. The van der Waals surface area contributed by atoms with Crippen LogP contribution in [0.25, 0.3) is 0 Å². The van der Waals surface area contributed by atoms with Crippen molar-refractivity contribution in [3.05, 3.63) is 28.2 Å². The van der Waals surface area contributed by atoms with Gasteiger partial charge in [-0.1, -0.05) is 6.07 Å². The van der Waals surface area contributed by atoms with Crippen molar-refractivity contribution in [1.29, 1.82) is 0 Å². The van der Waals surface area contributed by atoms with Gasteiger partial charge in [-0.05, 0) is 40.5 Å². The third kappa shape index (κ3) is 5.48. The maximum atomic E-state index is 11.7. The van der Waals surface area contributed by atoms with E-state index in [1.165, 1.54) is 0 Å². The van der Waals surface area contributed by atoms with Crippen LogP contribution >= 0.6 is 15.9 Å². The van der Waals surface area contributed by atoms with Gasteiger partial charge in [0.05, 0.1) is 30.8 Å². The van der Waals surface area contributed by atoms with Crippen LogP contribution in [0.5, 0.6) is 5.75 Å². The number of halogens is 1. The summed E-state index contributed by atoms with van der Waals surface area (Å²) < 4.78 is 16.0. The van der Waals surface area contributed by atoms with Gasteiger partial charge in [0, 0.05) is 7.11 Å². The van der Waals surface area contributed by atoms with Crippen molar-refractivity contribution < 1.29 is 19.0 Å². The Kier molecular flexibility index (Phi) is 7.58. The zero-order chi connectivity index (χ0) is 15.0. The molecule has 0 aromatic heterocycles. The Labute approximate surface area is 127 Å². The quantitative estimate of drug-likeness (QED) is 0.734. The van der Waals surface area contributed by atoms with Gasteiger partial charge in [0.2, 0.25) is 5.91 Å². The smallest absolute Gasteiger partial charge is 0.246 e. The van der Waals surface area contributed by atoms with E-state index in [0.29, 0.717) is 13.2 Å². The Hall–Kier alpha value is -1.11. The summed E-state index contributed by atoms with van der Waals surface area (Å²) in [4.78, 5) is 11.7. The minimum atomic E-state index is -0.152. The Morgan fingerprint density at radius 1 is 1.35 bits per heavy atom. The van der Waals surface area contributed by atoms with E-state index in [4.69, 9.17) is 14.2 Å². The summed E-state index contributed by atoms with van der Waals surface area (Å²) in [5.41, 5.74) is 0.989. The highest BCUT2D eigenvalue weighted by molar-refractivity contribution is 9.10. The fourth-order valence-electron chi connectivity index (χ4n) is 1.63. The molecule has 0 aliphatic carbocycles. The first-order valence-corrected chi connectivity index (χ1v) is 7.07. The van der Waals surface area contributed by atoms with Gasteiger partial charge in [0.1, 0.15) is 12.4 Å². The molecule has 0 aliphatic heterocycles. The molecule has 1 aromatic rings. The molecule has 5 nitrogen and oxygen atoms in total. The predicted molar refractivity (Wildman–Crippen MR) is 79.9 cm³/mol. The average Bonchev–Trinajstić information content (AvgIpc) is 2.43. The Balaban J connectivity index is 2.47. The first-order valence-electron chi connectivity index (χ1n) is 6.28. The lowest BCUT2D eigenvalue weighted by Gasteiger charge is -2.15. The normalized spacial score (nSPS) is 12.0. The van der Waals surface area contributed by atoms with Gasteiger partial charge in [0.25, 0.3) is 0 Å². The van der Waals surface area contributed by atoms with E-state index < -0.39 is 0 Å². The molecule has 1 N–H and O–H groups in total. The molecule has 6 heteroatoms. The first-order chi connectivity index (χ1) is 9.58. The summed E-state index contributed by atoms with van der Waals surface area (Å²) in [5, 5.41) is 2.87. The molecular formula is C14H20BrNO4. The van der Waals surface area contributed by atoms with E-state index >= 15 is 0 Å². The monoisotopic (exact) mass is 345 g/mol. The maximum absolute atomic E-state index is 11.7. The molecule has 1 rings (SSSR count). The van der Waals surface area contributed by atoms with Crippen LogP contribution in [0.15, 0.2) is 22.7 Å². The lowest BCUT2D eigenvalue weighted by atomic mass is 10.1. The number of ether oxygens (including phenoxy) is 3.